The van der Waals surface area contributed by atoms with Crippen LogP contribution in [0.5, 0.6) is 17.2 Å². The lowest BCUT2D eigenvalue weighted by Crippen LogP contribution is -2.00. The lowest BCUT2D eigenvalue weighted by Gasteiger charge is -2.18. The second-order valence-corrected chi connectivity index (χ2v) is 5.71. The van der Waals surface area contributed by atoms with Gasteiger partial charge >= 0.3 is 0 Å². The number of hydrogen-bond acceptors (Lipinski definition) is 3. The number of benzene rings is 2. The molecule has 0 aliphatic heterocycles. The number of rotatable bonds is 5. The van der Waals surface area contributed by atoms with E-state index in [1.165, 1.54) is 0 Å². The Morgan fingerprint density at radius 2 is 1.57 bits per heavy atom. The zero-order valence-corrected chi connectivity index (χ0v) is 14.4. The van der Waals surface area contributed by atoms with Crippen molar-refractivity contribution in [3.05, 3.63) is 52.0 Å². The highest BCUT2D eigenvalue weighted by atomic mass is 79.9. The van der Waals surface area contributed by atoms with E-state index in [2.05, 4.69) is 15.9 Å². The van der Waals surface area contributed by atoms with Crippen LogP contribution >= 0.6 is 27.5 Å². The van der Waals surface area contributed by atoms with Crippen molar-refractivity contribution in [3.8, 4) is 17.2 Å². The molecule has 2 aromatic rings. The molecule has 0 spiro atoms. The van der Waals surface area contributed by atoms with Crippen LogP contribution in [-0.4, -0.2) is 21.3 Å². The Bertz CT molecular complexity index is 631. The SMILES string of the molecule is COc1ccc(C(Cl)c2cc(Br)ccc2OC)c(OC)c1. The van der Waals surface area contributed by atoms with Gasteiger partial charge in [0.15, 0.2) is 0 Å². The van der Waals surface area contributed by atoms with Crippen molar-refractivity contribution in [2.45, 2.75) is 5.38 Å². The fraction of sp³-hybridized carbons (Fsp3) is 0.250. The molecule has 0 heterocycles. The summed E-state index contributed by atoms with van der Waals surface area (Å²) in [6, 6.07) is 11.3. The molecule has 0 aromatic heterocycles. The van der Waals surface area contributed by atoms with Crippen molar-refractivity contribution in [3.63, 3.8) is 0 Å². The van der Waals surface area contributed by atoms with Crippen LogP contribution < -0.4 is 14.2 Å². The molecular weight excluding hydrogens is 356 g/mol. The summed E-state index contributed by atoms with van der Waals surface area (Å²) in [7, 11) is 4.85. The smallest absolute Gasteiger partial charge is 0.127 e. The number of halogens is 2. The van der Waals surface area contributed by atoms with Gasteiger partial charge in [0.05, 0.1) is 26.7 Å². The molecule has 0 saturated heterocycles. The first-order valence-corrected chi connectivity index (χ1v) is 7.53. The molecule has 3 nitrogen and oxygen atoms in total. The van der Waals surface area contributed by atoms with Crippen molar-refractivity contribution in [1.29, 1.82) is 0 Å². The Morgan fingerprint density at radius 3 is 2.19 bits per heavy atom. The van der Waals surface area contributed by atoms with E-state index in [4.69, 9.17) is 25.8 Å². The number of hydrogen-bond donors (Lipinski definition) is 0. The summed E-state index contributed by atoms with van der Waals surface area (Å²) < 4.78 is 17.0. The van der Waals surface area contributed by atoms with E-state index in [1.807, 2.05) is 36.4 Å². The fourth-order valence-electron chi connectivity index (χ4n) is 2.10. The largest absolute Gasteiger partial charge is 0.497 e. The number of ether oxygens (including phenoxy) is 3. The van der Waals surface area contributed by atoms with Crippen LogP contribution in [0.4, 0.5) is 0 Å². The predicted octanol–water partition coefficient (Wildman–Crippen LogP) is 4.80. The molecule has 1 atom stereocenters. The summed E-state index contributed by atoms with van der Waals surface area (Å²) in [5.74, 6) is 2.13. The Labute approximate surface area is 137 Å². The highest BCUT2D eigenvalue weighted by Crippen LogP contribution is 2.41. The highest BCUT2D eigenvalue weighted by molar-refractivity contribution is 9.10. The molecule has 0 aliphatic carbocycles. The van der Waals surface area contributed by atoms with Crippen molar-refractivity contribution < 1.29 is 14.2 Å². The van der Waals surface area contributed by atoms with Gasteiger partial charge in [0.1, 0.15) is 17.2 Å². The molecule has 21 heavy (non-hydrogen) atoms. The maximum atomic E-state index is 6.65. The number of methoxy groups -OCH3 is 3. The average Bonchev–Trinajstić information content (AvgIpc) is 2.53. The molecule has 0 saturated carbocycles. The van der Waals surface area contributed by atoms with Gasteiger partial charge < -0.3 is 14.2 Å². The van der Waals surface area contributed by atoms with Crippen LogP contribution in [0.2, 0.25) is 0 Å². The second-order valence-electron chi connectivity index (χ2n) is 4.36. The fourth-order valence-corrected chi connectivity index (χ4v) is 2.83. The van der Waals surface area contributed by atoms with Crippen LogP contribution in [0.25, 0.3) is 0 Å². The third kappa shape index (κ3) is 3.44. The molecule has 5 heteroatoms. The van der Waals surface area contributed by atoms with Gasteiger partial charge in [-0.1, -0.05) is 15.9 Å². The van der Waals surface area contributed by atoms with Crippen LogP contribution in [0.15, 0.2) is 40.9 Å². The van der Waals surface area contributed by atoms with Crippen LogP contribution in [0.3, 0.4) is 0 Å². The zero-order chi connectivity index (χ0) is 15.4. The van der Waals surface area contributed by atoms with E-state index in [9.17, 15) is 0 Å². The summed E-state index contributed by atoms with van der Waals surface area (Å²) in [6.07, 6.45) is 0. The Hall–Kier alpha value is -1.39. The number of alkyl halides is 1. The Kier molecular flexibility index (Phi) is 5.37. The maximum Gasteiger partial charge on any atom is 0.127 e. The monoisotopic (exact) mass is 370 g/mol. The molecule has 112 valence electrons. The first-order chi connectivity index (χ1) is 10.1. The molecule has 2 aromatic carbocycles. The van der Waals surface area contributed by atoms with E-state index in [0.717, 1.165) is 27.1 Å². The van der Waals surface area contributed by atoms with E-state index in [1.54, 1.807) is 21.3 Å². The van der Waals surface area contributed by atoms with Crippen molar-refractivity contribution in [2.75, 3.05) is 21.3 Å². The second kappa shape index (κ2) is 7.05. The third-order valence-corrected chi connectivity index (χ3v) is 4.14. The molecule has 0 fully saturated rings. The van der Waals surface area contributed by atoms with Gasteiger partial charge in [-0.3, -0.25) is 0 Å². The maximum absolute atomic E-state index is 6.65. The van der Waals surface area contributed by atoms with Crippen molar-refractivity contribution in [2.24, 2.45) is 0 Å². The van der Waals surface area contributed by atoms with Gasteiger partial charge in [0, 0.05) is 21.7 Å². The molecule has 1 unspecified atom stereocenters. The summed E-state index contributed by atoms with van der Waals surface area (Å²) in [5, 5.41) is -0.390. The molecule has 2 rings (SSSR count). The van der Waals surface area contributed by atoms with Gasteiger partial charge in [-0.15, -0.1) is 11.6 Å². The molecule has 0 N–H and O–H groups in total. The van der Waals surface area contributed by atoms with E-state index < -0.39 is 5.38 Å². The normalized spacial score (nSPS) is 11.9. The molecular formula is C16H16BrClO3. The highest BCUT2D eigenvalue weighted by Gasteiger charge is 2.20. The van der Waals surface area contributed by atoms with E-state index >= 15 is 0 Å². The molecule has 0 amide bonds. The molecule has 0 radical (unpaired) electrons. The third-order valence-electron chi connectivity index (χ3n) is 3.18. The van der Waals surface area contributed by atoms with Crippen LogP contribution in [0.1, 0.15) is 16.5 Å². The minimum absolute atomic E-state index is 0.390. The van der Waals surface area contributed by atoms with Gasteiger partial charge in [0.25, 0.3) is 0 Å². The summed E-state index contributed by atoms with van der Waals surface area (Å²) in [6.45, 7) is 0. The van der Waals surface area contributed by atoms with Crippen molar-refractivity contribution >= 4 is 27.5 Å². The standard InChI is InChI=1S/C16H16BrClO3/c1-19-11-5-6-12(15(9-11)21-3)16(18)13-8-10(17)4-7-14(13)20-2/h4-9,16H,1-3H3. The first-order valence-electron chi connectivity index (χ1n) is 6.30. The zero-order valence-electron chi connectivity index (χ0n) is 12.0. The molecule has 0 bridgehead atoms. The quantitative estimate of drug-likeness (QED) is 0.706. The summed E-state index contributed by atoms with van der Waals surface area (Å²) in [5.41, 5.74) is 1.73. The Morgan fingerprint density at radius 1 is 0.857 bits per heavy atom. The van der Waals surface area contributed by atoms with Gasteiger partial charge in [-0.05, 0) is 30.3 Å². The van der Waals surface area contributed by atoms with Crippen molar-refractivity contribution in [1.82, 2.24) is 0 Å². The first kappa shape index (κ1) is 16.0. The average molecular weight is 372 g/mol. The lowest BCUT2D eigenvalue weighted by molar-refractivity contribution is 0.390. The summed E-state index contributed by atoms with van der Waals surface area (Å²) >= 11 is 10.1. The summed E-state index contributed by atoms with van der Waals surface area (Å²) in [4.78, 5) is 0. The Balaban J connectivity index is 2.49. The van der Waals surface area contributed by atoms with Crippen LogP contribution in [0, 0.1) is 0 Å². The van der Waals surface area contributed by atoms with E-state index in [-0.39, 0.29) is 0 Å². The van der Waals surface area contributed by atoms with E-state index in [0.29, 0.717) is 5.75 Å². The minimum atomic E-state index is -0.390. The van der Waals surface area contributed by atoms with Gasteiger partial charge in [-0.2, -0.15) is 0 Å². The van der Waals surface area contributed by atoms with Gasteiger partial charge in [0.2, 0.25) is 0 Å². The topological polar surface area (TPSA) is 27.7 Å². The minimum Gasteiger partial charge on any atom is -0.497 e. The van der Waals surface area contributed by atoms with Crippen LogP contribution in [-0.2, 0) is 0 Å². The molecule has 0 aliphatic rings. The van der Waals surface area contributed by atoms with Gasteiger partial charge in [-0.25, -0.2) is 0 Å². The lowest BCUT2D eigenvalue weighted by atomic mass is 10.0. The predicted molar refractivity (Wildman–Crippen MR) is 87.9 cm³/mol.